The van der Waals surface area contributed by atoms with Crippen LogP contribution < -0.4 is 4.74 Å². The summed E-state index contributed by atoms with van der Waals surface area (Å²) in [6.45, 7) is 2.34. The van der Waals surface area contributed by atoms with Gasteiger partial charge in [0, 0.05) is 31.0 Å². The van der Waals surface area contributed by atoms with Crippen LogP contribution in [0.2, 0.25) is 0 Å². The van der Waals surface area contributed by atoms with Gasteiger partial charge in [0.05, 0.1) is 29.5 Å². The first-order chi connectivity index (χ1) is 16.7. The van der Waals surface area contributed by atoms with E-state index in [0.717, 1.165) is 6.07 Å². The monoisotopic (exact) mass is 543 g/mol. The lowest BCUT2D eigenvalue weighted by atomic mass is 9.94. The average Bonchev–Trinajstić information content (AvgIpc) is 3.44. The highest BCUT2D eigenvalue weighted by atomic mass is 79.9. The summed E-state index contributed by atoms with van der Waals surface area (Å²) in [5.41, 5.74) is 0.729. The molecule has 0 unspecified atom stereocenters. The number of hydrogen-bond donors (Lipinski definition) is 2. The van der Waals surface area contributed by atoms with Crippen molar-refractivity contribution in [2.75, 3.05) is 13.7 Å². The number of nitrogens with zero attached hydrogens (tertiary/aromatic N) is 3. The number of aliphatic hydroxyl groups excluding tert-OH is 1. The second kappa shape index (κ2) is 9.91. The van der Waals surface area contributed by atoms with Crippen LogP contribution >= 0.6 is 15.9 Å². The van der Waals surface area contributed by atoms with E-state index in [1.165, 1.54) is 30.2 Å². The summed E-state index contributed by atoms with van der Waals surface area (Å²) >= 11 is 3.28. The lowest BCUT2D eigenvalue weighted by Crippen LogP contribution is -2.31. The van der Waals surface area contributed by atoms with Crippen LogP contribution in [0.1, 0.15) is 29.2 Å². The first kappa shape index (κ1) is 24.5. The predicted octanol–water partition coefficient (Wildman–Crippen LogP) is 4.32. The van der Waals surface area contributed by atoms with Crippen molar-refractivity contribution < 1.29 is 28.9 Å². The normalized spacial score (nSPS) is 17.3. The van der Waals surface area contributed by atoms with Gasteiger partial charge in [-0.1, -0.05) is 12.1 Å². The molecule has 0 radical (unpaired) electrons. The van der Waals surface area contributed by atoms with E-state index in [4.69, 9.17) is 4.74 Å². The Labute approximate surface area is 209 Å². The Morgan fingerprint density at radius 1 is 1.23 bits per heavy atom. The first-order valence-electron chi connectivity index (χ1n) is 10.8. The number of carbonyl (C=O) groups is 2. The fourth-order valence-corrected chi connectivity index (χ4v) is 4.56. The van der Waals surface area contributed by atoms with Gasteiger partial charge in [-0.2, -0.15) is 0 Å². The smallest absolute Gasteiger partial charge is 0.295 e. The van der Waals surface area contributed by atoms with Gasteiger partial charge >= 0.3 is 0 Å². The molecule has 1 atom stereocenters. The highest BCUT2D eigenvalue weighted by Gasteiger charge is 2.46. The van der Waals surface area contributed by atoms with E-state index >= 15 is 0 Å². The summed E-state index contributed by atoms with van der Waals surface area (Å²) in [6, 6.07) is 6.18. The molecule has 4 rings (SSSR count). The lowest BCUT2D eigenvalue weighted by molar-refractivity contribution is -0.139. The third-order valence-electron chi connectivity index (χ3n) is 5.95. The second-order valence-electron chi connectivity index (χ2n) is 8.16. The number of amides is 1. The Morgan fingerprint density at radius 3 is 2.66 bits per heavy atom. The Kier molecular flexibility index (Phi) is 6.93. The number of Topliss-reactive ketones (excluding diaryl/α,β-unsaturated/α-hetero) is 1. The molecule has 0 spiro atoms. The number of benzene rings is 2. The van der Waals surface area contributed by atoms with Gasteiger partial charge in [-0.15, -0.1) is 0 Å². The summed E-state index contributed by atoms with van der Waals surface area (Å²) in [6.07, 6.45) is 5.60. The van der Waals surface area contributed by atoms with Crippen LogP contribution in [0.5, 0.6) is 11.5 Å². The van der Waals surface area contributed by atoms with E-state index in [2.05, 4.69) is 20.9 Å². The molecule has 3 aromatic rings. The van der Waals surface area contributed by atoms with E-state index < -0.39 is 29.3 Å². The number of methoxy groups -OCH3 is 1. The first-order valence-corrected chi connectivity index (χ1v) is 11.6. The van der Waals surface area contributed by atoms with Gasteiger partial charge in [0.1, 0.15) is 11.6 Å². The summed E-state index contributed by atoms with van der Waals surface area (Å²) in [4.78, 5) is 31.6. The maximum atomic E-state index is 14.2. The number of halogens is 2. The molecular weight excluding hydrogens is 521 g/mol. The zero-order valence-corrected chi connectivity index (χ0v) is 20.6. The van der Waals surface area contributed by atoms with Crippen molar-refractivity contribution in [3.8, 4) is 11.5 Å². The molecule has 2 aromatic carbocycles. The van der Waals surface area contributed by atoms with Crippen molar-refractivity contribution in [1.29, 1.82) is 0 Å². The zero-order valence-electron chi connectivity index (χ0n) is 19.0. The van der Waals surface area contributed by atoms with Crippen LogP contribution in [0.3, 0.4) is 0 Å². The number of ketones is 1. The number of phenols is 1. The molecule has 182 valence electrons. The number of rotatable bonds is 7. The molecule has 2 heterocycles. The van der Waals surface area contributed by atoms with Crippen LogP contribution in [-0.2, 0) is 16.1 Å². The fourth-order valence-electron chi connectivity index (χ4n) is 4.10. The van der Waals surface area contributed by atoms with Crippen LogP contribution in [0.15, 0.2) is 59.1 Å². The summed E-state index contributed by atoms with van der Waals surface area (Å²) in [7, 11) is 1.38. The zero-order chi connectivity index (χ0) is 25.3. The highest BCUT2D eigenvalue weighted by molar-refractivity contribution is 9.10. The van der Waals surface area contributed by atoms with Gasteiger partial charge in [0.2, 0.25) is 0 Å². The van der Waals surface area contributed by atoms with Gasteiger partial charge < -0.3 is 24.4 Å². The minimum Gasteiger partial charge on any atom is -0.507 e. The van der Waals surface area contributed by atoms with Crippen molar-refractivity contribution >= 4 is 33.4 Å². The molecule has 1 aliphatic rings. The molecular formula is C25H23BrFN3O5. The maximum absolute atomic E-state index is 14.2. The minimum absolute atomic E-state index is 0.0827. The number of aryl methyl sites for hydroxylation is 2. The quantitative estimate of drug-likeness (QED) is 0.261. The Morgan fingerprint density at radius 2 is 2.00 bits per heavy atom. The molecule has 0 bridgehead atoms. The molecule has 0 aliphatic carbocycles. The largest absolute Gasteiger partial charge is 0.507 e. The molecule has 8 nitrogen and oxygen atoms in total. The average molecular weight is 544 g/mol. The molecule has 0 saturated carbocycles. The number of likely N-dealkylation sites (tertiary alicyclic amines) is 1. The third-order valence-corrected chi connectivity index (χ3v) is 6.55. The highest BCUT2D eigenvalue weighted by Crippen LogP contribution is 2.44. The summed E-state index contributed by atoms with van der Waals surface area (Å²) in [5, 5.41) is 21.4. The van der Waals surface area contributed by atoms with Crippen LogP contribution in [0, 0.1) is 12.7 Å². The van der Waals surface area contributed by atoms with Gasteiger partial charge in [0.25, 0.3) is 11.7 Å². The SMILES string of the molecule is COc1cc([C@H]2C(=C(O)c3ccc(C)c(F)c3)C(=O)C(=O)N2CCCn2ccnc2)cc(Br)c1O. The van der Waals surface area contributed by atoms with Gasteiger partial charge in [-0.25, -0.2) is 9.37 Å². The molecule has 2 N–H and O–H groups in total. The Hall–Kier alpha value is -3.66. The number of carbonyl (C=O) groups excluding carboxylic acids is 2. The van der Waals surface area contributed by atoms with E-state index in [-0.39, 0.29) is 33.7 Å². The number of aromatic nitrogens is 2. The predicted molar refractivity (Wildman–Crippen MR) is 129 cm³/mol. The minimum atomic E-state index is -0.979. The van der Waals surface area contributed by atoms with Crippen molar-refractivity contribution in [2.45, 2.75) is 25.9 Å². The number of hydrogen-bond acceptors (Lipinski definition) is 6. The Balaban J connectivity index is 1.82. The summed E-state index contributed by atoms with van der Waals surface area (Å²) in [5.74, 6) is -2.70. The van der Waals surface area contributed by atoms with Crippen molar-refractivity contribution in [1.82, 2.24) is 14.5 Å². The summed E-state index contributed by atoms with van der Waals surface area (Å²) < 4.78 is 21.6. The van der Waals surface area contributed by atoms with E-state index in [1.807, 2.05) is 4.57 Å². The second-order valence-corrected chi connectivity index (χ2v) is 9.02. The van der Waals surface area contributed by atoms with Crippen molar-refractivity contribution in [3.05, 3.63) is 81.6 Å². The topological polar surface area (TPSA) is 105 Å². The molecule has 35 heavy (non-hydrogen) atoms. The number of aliphatic hydroxyl groups is 1. The molecule has 1 amide bonds. The number of ether oxygens (including phenoxy) is 1. The van der Waals surface area contributed by atoms with Gasteiger partial charge in [-0.05, 0) is 58.6 Å². The number of imidazole rings is 1. The third kappa shape index (κ3) is 4.66. The molecule has 1 fully saturated rings. The molecule has 1 saturated heterocycles. The van der Waals surface area contributed by atoms with Crippen LogP contribution in [0.4, 0.5) is 4.39 Å². The van der Waals surface area contributed by atoms with E-state index in [9.17, 15) is 24.2 Å². The van der Waals surface area contributed by atoms with Crippen LogP contribution in [-0.4, -0.2) is 50.0 Å². The standard InChI is InChI=1S/C25H23BrFN3O5/c1-14-4-5-15(11-18(14)27)22(31)20-21(16-10-17(26)23(32)19(12-16)35-2)30(25(34)24(20)33)8-3-7-29-9-6-28-13-29/h4-6,9-13,21,31-32H,3,7-8H2,1-2H3/t21-/m0/s1. The number of aromatic hydroxyl groups is 1. The van der Waals surface area contributed by atoms with Gasteiger partial charge in [0.15, 0.2) is 11.5 Å². The molecule has 1 aromatic heterocycles. The number of phenolic OH excluding ortho intramolecular Hbond substituents is 1. The molecule has 1 aliphatic heterocycles. The van der Waals surface area contributed by atoms with E-state index in [0.29, 0.717) is 24.1 Å². The van der Waals surface area contributed by atoms with Gasteiger partial charge in [-0.3, -0.25) is 9.59 Å². The van der Waals surface area contributed by atoms with Crippen molar-refractivity contribution in [2.24, 2.45) is 0 Å². The fraction of sp³-hybridized carbons (Fsp3) is 0.240. The maximum Gasteiger partial charge on any atom is 0.295 e. The lowest BCUT2D eigenvalue weighted by Gasteiger charge is -2.26. The van der Waals surface area contributed by atoms with Crippen molar-refractivity contribution in [3.63, 3.8) is 0 Å². The Bertz CT molecular complexity index is 1320. The molecule has 10 heteroatoms. The van der Waals surface area contributed by atoms with E-state index in [1.54, 1.807) is 31.7 Å². The van der Waals surface area contributed by atoms with Crippen LogP contribution in [0.25, 0.3) is 5.76 Å².